The van der Waals surface area contributed by atoms with Crippen LogP contribution < -0.4 is 0 Å². The normalized spacial score (nSPS) is 11.7. The Morgan fingerprint density at radius 1 is 1.33 bits per heavy atom. The summed E-state index contributed by atoms with van der Waals surface area (Å²) in [4.78, 5) is 16.5. The predicted octanol–water partition coefficient (Wildman–Crippen LogP) is 3.09. The molecule has 1 aromatic carbocycles. The smallest absolute Gasteiger partial charge is 0.305 e. The van der Waals surface area contributed by atoms with Crippen molar-refractivity contribution in [1.82, 2.24) is 4.90 Å². The van der Waals surface area contributed by atoms with Gasteiger partial charge in [0.15, 0.2) is 0 Å². The first kappa shape index (κ1) is 14.6. The van der Waals surface area contributed by atoms with Crippen molar-refractivity contribution in [1.29, 1.82) is 0 Å². The molecular weight excluding hydrogens is 233 g/mol. The van der Waals surface area contributed by atoms with Gasteiger partial charge >= 0.3 is 5.97 Å². The summed E-state index contributed by atoms with van der Waals surface area (Å²) in [5.41, 5.74) is 2.37. The first-order valence-corrected chi connectivity index (χ1v) is 5.86. The van der Waals surface area contributed by atoms with Crippen LogP contribution in [0.25, 0.3) is 0 Å². The molecule has 100 valence electrons. The number of rotatable bonds is 3. The quantitative estimate of drug-likeness (QED) is 0.829. The van der Waals surface area contributed by atoms with E-state index in [0.29, 0.717) is 6.54 Å². The largest absolute Gasteiger partial charge is 0.379 e. The van der Waals surface area contributed by atoms with Crippen molar-refractivity contribution in [3.8, 4) is 0 Å². The van der Waals surface area contributed by atoms with Crippen LogP contribution in [0.3, 0.4) is 0 Å². The number of halogens is 1. The van der Waals surface area contributed by atoms with Crippen molar-refractivity contribution in [3.63, 3.8) is 0 Å². The zero-order chi connectivity index (χ0) is 13.9. The van der Waals surface area contributed by atoms with Gasteiger partial charge in [-0.15, -0.1) is 0 Å². The van der Waals surface area contributed by atoms with Crippen LogP contribution in [-0.4, -0.2) is 25.0 Å². The second-order valence-corrected chi connectivity index (χ2v) is 5.72. The van der Waals surface area contributed by atoms with E-state index in [1.54, 1.807) is 12.1 Å². The molecule has 1 aromatic rings. The Labute approximate surface area is 107 Å². The van der Waals surface area contributed by atoms with Gasteiger partial charge < -0.3 is 4.90 Å². The van der Waals surface area contributed by atoms with E-state index in [4.69, 9.17) is 0 Å². The number of carbonyl (C=O) groups is 1. The second-order valence-electron chi connectivity index (χ2n) is 5.72. The molecule has 0 atom stereocenters. The number of hydrogen-bond acceptors (Lipinski definition) is 3. The second kappa shape index (κ2) is 5.48. The first-order valence-electron chi connectivity index (χ1n) is 5.86. The van der Waals surface area contributed by atoms with Crippen LogP contribution >= 0.6 is 0 Å². The third-order valence-electron chi connectivity index (χ3n) is 2.71. The Morgan fingerprint density at radius 2 is 1.94 bits per heavy atom. The van der Waals surface area contributed by atoms with Gasteiger partial charge in [-0.05, 0) is 42.8 Å². The van der Waals surface area contributed by atoms with Gasteiger partial charge in [-0.2, -0.15) is 0 Å². The van der Waals surface area contributed by atoms with E-state index in [1.165, 1.54) is 0 Å². The fourth-order valence-electron chi connectivity index (χ4n) is 1.97. The van der Waals surface area contributed by atoms with Gasteiger partial charge in [-0.3, -0.25) is 0 Å². The van der Waals surface area contributed by atoms with Gasteiger partial charge in [0.2, 0.25) is 0 Å². The fraction of sp³-hybridized carbons (Fsp3) is 0.500. The number of hydrogen-bond donors (Lipinski definition) is 0. The molecule has 18 heavy (non-hydrogen) atoms. The van der Waals surface area contributed by atoms with Crippen LogP contribution in [0.1, 0.15) is 42.3 Å². The highest BCUT2D eigenvalue weighted by Crippen LogP contribution is 2.27. The van der Waals surface area contributed by atoms with Gasteiger partial charge in [0, 0.05) is 11.1 Å². The van der Waals surface area contributed by atoms with E-state index in [1.807, 2.05) is 25.1 Å². The molecule has 0 spiro atoms. The maximum Gasteiger partial charge on any atom is 0.379 e. The van der Waals surface area contributed by atoms with Crippen LogP contribution in [-0.2, 0) is 16.9 Å². The zero-order valence-electron chi connectivity index (χ0n) is 11.6. The van der Waals surface area contributed by atoms with Gasteiger partial charge in [0.25, 0.3) is 0 Å². The topological polar surface area (TPSA) is 29.5 Å². The molecule has 1 rings (SSSR count). The van der Waals surface area contributed by atoms with Gasteiger partial charge in [0.1, 0.15) is 0 Å². The summed E-state index contributed by atoms with van der Waals surface area (Å²) in [5, 5.41) is 0. The van der Waals surface area contributed by atoms with Crippen molar-refractivity contribution in [2.24, 2.45) is 0 Å². The van der Waals surface area contributed by atoms with Gasteiger partial charge in [0.05, 0.1) is 5.56 Å². The summed E-state index contributed by atoms with van der Waals surface area (Å²) in [7, 11) is 3.90. The van der Waals surface area contributed by atoms with E-state index in [2.05, 4.69) is 25.7 Å². The lowest BCUT2D eigenvalue weighted by atomic mass is 9.83. The number of nitrogens with zero attached hydrogens (tertiary/aromatic N) is 1. The van der Waals surface area contributed by atoms with Gasteiger partial charge in [-0.1, -0.05) is 26.8 Å². The Hall–Kier alpha value is -1.42. The molecule has 0 radical (unpaired) electrons. The molecule has 0 bridgehead atoms. The Morgan fingerprint density at radius 3 is 2.39 bits per heavy atom. The van der Waals surface area contributed by atoms with E-state index in [9.17, 15) is 9.32 Å². The van der Waals surface area contributed by atoms with E-state index >= 15 is 0 Å². The summed E-state index contributed by atoms with van der Waals surface area (Å²) in [6, 6.07) is 5.16. The average Bonchev–Trinajstić information content (AvgIpc) is 2.25. The molecule has 0 fully saturated rings. The summed E-state index contributed by atoms with van der Waals surface area (Å²) in [6.07, 6.45) is 0. The monoisotopic (exact) mass is 253 g/mol. The van der Waals surface area contributed by atoms with E-state index in [0.717, 1.165) is 11.1 Å². The van der Waals surface area contributed by atoms with Crippen molar-refractivity contribution in [3.05, 3.63) is 34.9 Å². The van der Waals surface area contributed by atoms with Crippen LogP contribution in [0.4, 0.5) is 4.53 Å². The summed E-state index contributed by atoms with van der Waals surface area (Å²) in [6.45, 7) is 7.01. The zero-order valence-corrected chi connectivity index (χ0v) is 11.6. The molecule has 0 N–H and O–H groups in total. The highest BCUT2D eigenvalue weighted by atomic mass is 19.3. The summed E-state index contributed by atoms with van der Waals surface area (Å²) < 4.78 is 11.9. The standard InChI is InChI=1S/C14H20FNO2/c1-14(2,3)12-7-6-10(13(17)18-15)8-11(12)9-16(4)5/h6-8H,9H2,1-5H3. The Bertz CT molecular complexity index is 436. The highest BCUT2D eigenvalue weighted by Gasteiger charge is 2.20. The van der Waals surface area contributed by atoms with Crippen molar-refractivity contribution >= 4 is 5.97 Å². The Kier molecular flexibility index (Phi) is 4.46. The fourth-order valence-corrected chi connectivity index (χ4v) is 1.97. The van der Waals surface area contributed by atoms with Crippen LogP contribution in [0.5, 0.6) is 0 Å². The maximum absolute atomic E-state index is 11.9. The lowest BCUT2D eigenvalue weighted by Crippen LogP contribution is -2.19. The lowest BCUT2D eigenvalue weighted by molar-refractivity contribution is -0.0788. The van der Waals surface area contributed by atoms with Crippen molar-refractivity contribution in [2.45, 2.75) is 32.7 Å². The molecule has 0 aliphatic rings. The third-order valence-corrected chi connectivity index (χ3v) is 2.71. The molecule has 3 nitrogen and oxygen atoms in total. The molecule has 0 heterocycles. The molecule has 0 amide bonds. The lowest BCUT2D eigenvalue weighted by Gasteiger charge is -2.24. The molecule has 0 aromatic heterocycles. The minimum absolute atomic E-state index is 0.0243. The minimum atomic E-state index is -0.949. The molecule has 0 unspecified atom stereocenters. The molecule has 0 aliphatic heterocycles. The van der Waals surface area contributed by atoms with Crippen molar-refractivity contribution < 1.29 is 14.3 Å². The number of benzene rings is 1. The molecule has 0 saturated carbocycles. The molecular formula is C14H20FNO2. The molecule has 4 heteroatoms. The maximum atomic E-state index is 11.9. The van der Waals surface area contributed by atoms with Crippen LogP contribution in [0.15, 0.2) is 18.2 Å². The average molecular weight is 253 g/mol. The van der Waals surface area contributed by atoms with Crippen LogP contribution in [0.2, 0.25) is 0 Å². The van der Waals surface area contributed by atoms with Crippen LogP contribution in [0, 0.1) is 0 Å². The minimum Gasteiger partial charge on any atom is -0.305 e. The number of carbonyl (C=O) groups excluding carboxylic acids is 1. The summed E-state index contributed by atoms with van der Waals surface area (Å²) in [5.74, 6) is -0.949. The van der Waals surface area contributed by atoms with E-state index in [-0.39, 0.29) is 11.0 Å². The van der Waals surface area contributed by atoms with E-state index < -0.39 is 5.97 Å². The van der Waals surface area contributed by atoms with Crippen molar-refractivity contribution in [2.75, 3.05) is 14.1 Å². The third kappa shape index (κ3) is 3.53. The molecule has 0 saturated heterocycles. The highest BCUT2D eigenvalue weighted by molar-refractivity contribution is 5.89. The SMILES string of the molecule is CN(C)Cc1cc(C(=O)OF)ccc1C(C)(C)C. The summed E-state index contributed by atoms with van der Waals surface area (Å²) >= 11 is 0. The Balaban J connectivity index is 3.25. The first-order chi connectivity index (χ1) is 8.25. The predicted molar refractivity (Wildman–Crippen MR) is 69.1 cm³/mol. The van der Waals surface area contributed by atoms with Gasteiger partial charge in [-0.25, -0.2) is 9.74 Å². The molecule has 0 aliphatic carbocycles.